The first kappa shape index (κ1) is 93.7. The standard InChI is InChI=1S/C62H106N4O46/c1-15(76)63-19(5-67)32(81)48(20(80)6-68)106-55-29(64-16(2)77)39(88)50(27(13-75)103-55)108-60-47(96)52(110-62-54(44(93)36(85)24(10-72)102-62)112-57-31(66-18(4)79)51(37(86)25(11-73)98-57)109-59-46(95)42(91)34(83)22(8-70)100-59)38(87)28(105-60)14-97-61-53(43(92)35(84)23(9-71)101-61)111-56-30(65-17(3)78)40(89)49(26(12-74)104-56)107-58-45(94)41(90)33(82)21(7-69)99-58/h19-62,67-75,80-96H,5-14H2,1-4H3,(H,63,76)(H,64,77)(H,65,78)(H,66,79)/t19-,20+,21+,22+,23+,24+,25+,26+,27+,28+,29+,30+,31+,32+,33-,34-,35+,36+,37+,38+,39+,40+,41-,42-,43-,44-,45+,46+,47-,48+,49+,50+,51+,52-,53-,54-,55-,56-,57-,58-,59-,60-,61-,62+/m0/s1. The van der Waals surface area contributed by atoms with Crippen molar-refractivity contribution in [3.8, 4) is 0 Å². The van der Waals surface area contributed by atoms with Crippen LogP contribution >= 0.6 is 0 Å². The monoisotopic (exact) mass is 1640 g/mol. The molecular weight excluding hydrogens is 1540 g/mol. The highest BCUT2D eigenvalue weighted by Gasteiger charge is 2.61. The first-order valence-corrected chi connectivity index (χ1v) is 35.6. The normalized spacial score (nSPS) is 45.9. The first-order chi connectivity index (χ1) is 53.0. The van der Waals surface area contributed by atoms with Gasteiger partial charge in [0.1, 0.15) is 213 Å². The van der Waals surface area contributed by atoms with E-state index in [0.29, 0.717) is 0 Å². The molecule has 4 amide bonds. The summed E-state index contributed by atoms with van der Waals surface area (Å²) in [6, 6.07) is -7.50. The van der Waals surface area contributed by atoms with Gasteiger partial charge in [0, 0.05) is 27.7 Å². The van der Waals surface area contributed by atoms with Crippen LogP contribution in [-0.4, -0.2) is 492 Å². The lowest BCUT2D eigenvalue weighted by atomic mass is 9.94. The van der Waals surface area contributed by atoms with Gasteiger partial charge in [-0.1, -0.05) is 0 Å². The van der Waals surface area contributed by atoms with Gasteiger partial charge in [-0.2, -0.15) is 0 Å². The molecule has 0 saturated carbocycles. The summed E-state index contributed by atoms with van der Waals surface area (Å²) in [5.41, 5.74) is 0. The van der Waals surface area contributed by atoms with E-state index in [9.17, 15) is 152 Å². The molecule has 0 aromatic rings. The fraction of sp³-hybridized carbons (Fsp3) is 0.935. The summed E-state index contributed by atoms with van der Waals surface area (Å²) in [5, 5.41) is 296. The molecule has 0 spiro atoms. The van der Waals surface area contributed by atoms with Crippen LogP contribution in [0, 0.1) is 0 Å². The Kier molecular flexibility index (Phi) is 34.9. The van der Waals surface area contributed by atoms with Crippen LogP contribution in [0.15, 0.2) is 0 Å². The molecule has 0 aromatic heterocycles. The van der Waals surface area contributed by atoms with Crippen molar-refractivity contribution in [1.29, 1.82) is 0 Å². The number of carbonyl (C=O) groups is 4. The summed E-state index contributed by atoms with van der Waals surface area (Å²) in [4.78, 5) is 50.9. The van der Waals surface area contributed by atoms with E-state index in [-0.39, 0.29) is 0 Å². The number of aliphatic hydroxyl groups is 26. The molecule has 8 heterocycles. The minimum absolute atomic E-state index is 0.815. The van der Waals surface area contributed by atoms with Gasteiger partial charge >= 0.3 is 0 Å². The Morgan fingerprint density at radius 1 is 0.304 bits per heavy atom. The van der Waals surface area contributed by atoms with Crippen LogP contribution in [0.3, 0.4) is 0 Å². The van der Waals surface area contributed by atoms with Gasteiger partial charge in [-0.15, -0.1) is 0 Å². The molecule has 50 nitrogen and oxygen atoms in total. The summed E-state index contributed by atoms with van der Waals surface area (Å²) in [7, 11) is 0. The van der Waals surface area contributed by atoms with E-state index in [1.165, 1.54) is 0 Å². The lowest BCUT2D eigenvalue weighted by Crippen LogP contribution is -2.70. The average Bonchev–Trinajstić information content (AvgIpc) is 0.758. The third-order valence-electron chi connectivity index (χ3n) is 20.0. The van der Waals surface area contributed by atoms with Crippen LogP contribution in [0.4, 0.5) is 0 Å². The van der Waals surface area contributed by atoms with Crippen LogP contribution in [0.25, 0.3) is 0 Å². The number of hydrogen-bond acceptors (Lipinski definition) is 46. The Morgan fingerprint density at radius 3 is 1.07 bits per heavy atom. The number of ether oxygens (including phenoxy) is 16. The molecule has 112 heavy (non-hydrogen) atoms. The van der Waals surface area contributed by atoms with Gasteiger partial charge in [0.15, 0.2) is 50.3 Å². The highest BCUT2D eigenvalue weighted by Crippen LogP contribution is 2.40. The van der Waals surface area contributed by atoms with Crippen molar-refractivity contribution in [2.75, 3.05) is 66.1 Å². The summed E-state index contributed by atoms with van der Waals surface area (Å²) < 4.78 is 95.0. The Morgan fingerprint density at radius 2 is 0.634 bits per heavy atom. The third kappa shape index (κ3) is 21.2. The lowest BCUT2D eigenvalue weighted by Gasteiger charge is -2.51. The number of amides is 4. The van der Waals surface area contributed by atoms with Crippen molar-refractivity contribution in [3.63, 3.8) is 0 Å². The minimum Gasteiger partial charge on any atom is -0.394 e. The summed E-state index contributed by atoms with van der Waals surface area (Å²) >= 11 is 0. The SMILES string of the molecule is CC(=O)N[C@H]1[C@H](O[C@@H]([C@H](O)[C@H](CO)NC(C)=O)[C@H](O)CO)O[C@H](CO)[C@@H](O[C@@H]2O[C@H](CO[C@H]3O[C@H](CO)[C@@H](O)[C@H](O)[C@@H]3O[C@@H]3O[C@H](CO)[C@@H](O[C@@H]4O[C@H](CO)[C@H](O)[C@H](O)[C@H]4O)[C@H](O)[C@H]3NC(C)=O)[C@@H](O)[C@H](O[C@H]3O[C@H](CO)[C@@H](O)[C@H](O)[C@@H]3O[C@@H]3O[C@H](CO)[C@@H](O)[C@H](O[C@@H]4O[C@H](CO)[C@H](O)[C@H](O)[C@H]4O)[C@H]3NC(C)=O)[C@@H]2O)[C@@H]1O. The Balaban J connectivity index is 1.16. The fourth-order valence-electron chi connectivity index (χ4n) is 14.0. The molecule has 0 aliphatic carbocycles. The van der Waals surface area contributed by atoms with Crippen molar-refractivity contribution in [1.82, 2.24) is 21.3 Å². The Labute approximate surface area is 634 Å². The molecule has 650 valence electrons. The predicted molar refractivity (Wildman–Crippen MR) is 346 cm³/mol. The molecule has 8 saturated heterocycles. The molecule has 0 unspecified atom stereocenters. The quantitative estimate of drug-likeness (QED) is 0.0290. The van der Waals surface area contributed by atoms with Crippen molar-refractivity contribution >= 4 is 23.6 Å². The number of carbonyl (C=O) groups excluding carboxylic acids is 4. The molecule has 0 aromatic carbocycles. The van der Waals surface area contributed by atoms with E-state index in [2.05, 4.69) is 21.3 Å². The predicted octanol–water partition coefficient (Wildman–Crippen LogP) is -20.4. The smallest absolute Gasteiger partial charge is 0.217 e. The van der Waals surface area contributed by atoms with E-state index in [1.807, 2.05) is 0 Å². The maximum absolute atomic E-state index is 13.0. The summed E-state index contributed by atoms with van der Waals surface area (Å²) in [6.45, 7) is -7.45. The van der Waals surface area contributed by atoms with E-state index >= 15 is 0 Å². The van der Waals surface area contributed by atoms with Crippen LogP contribution in [-0.2, 0) is 95.0 Å². The van der Waals surface area contributed by atoms with Gasteiger partial charge in [0.2, 0.25) is 23.6 Å². The van der Waals surface area contributed by atoms with E-state index in [4.69, 9.17) is 75.8 Å². The second-order valence-corrected chi connectivity index (χ2v) is 27.9. The summed E-state index contributed by atoms with van der Waals surface area (Å²) in [6.07, 6.45) is -85.2. The van der Waals surface area contributed by atoms with Gasteiger partial charge in [-0.25, -0.2) is 0 Å². The van der Waals surface area contributed by atoms with E-state index in [1.54, 1.807) is 0 Å². The number of nitrogens with one attached hydrogen (secondary N) is 4. The second kappa shape index (κ2) is 41.7. The van der Waals surface area contributed by atoms with Crippen molar-refractivity contribution in [3.05, 3.63) is 0 Å². The van der Waals surface area contributed by atoms with Gasteiger partial charge < -0.3 is 230 Å². The van der Waals surface area contributed by atoms with Gasteiger partial charge in [-0.3, -0.25) is 19.2 Å². The molecule has 30 N–H and O–H groups in total. The molecule has 50 heteroatoms. The second-order valence-electron chi connectivity index (χ2n) is 27.9. The van der Waals surface area contributed by atoms with Gasteiger partial charge in [0.25, 0.3) is 0 Å². The zero-order chi connectivity index (χ0) is 82.9. The molecule has 0 bridgehead atoms. The molecule has 8 rings (SSSR count). The van der Waals surface area contributed by atoms with Crippen molar-refractivity contribution in [2.45, 2.75) is 298 Å². The number of rotatable bonds is 33. The fourth-order valence-corrected chi connectivity index (χ4v) is 14.0. The highest BCUT2D eigenvalue weighted by molar-refractivity contribution is 5.74. The van der Waals surface area contributed by atoms with Crippen molar-refractivity contribution < 1.29 is 228 Å². The number of aliphatic hydroxyl groups excluding tert-OH is 26. The van der Waals surface area contributed by atoms with Gasteiger partial charge in [0.05, 0.1) is 72.1 Å². The maximum atomic E-state index is 13.0. The van der Waals surface area contributed by atoms with E-state index in [0.717, 1.165) is 27.7 Å². The Bertz CT molecular complexity index is 2920. The average molecular weight is 1640 g/mol. The lowest BCUT2D eigenvalue weighted by molar-refractivity contribution is -0.398. The van der Waals surface area contributed by atoms with Crippen LogP contribution in [0.1, 0.15) is 27.7 Å². The Hall–Kier alpha value is -3.80. The largest absolute Gasteiger partial charge is 0.394 e. The zero-order valence-corrected chi connectivity index (χ0v) is 60.3. The minimum atomic E-state index is -2.61. The molecule has 44 atom stereocenters. The molecular formula is C62H106N4O46. The maximum Gasteiger partial charge on any atom is 0.217 e. The van der Waals surface area contributed by atoms with Crippen LogP contribution in [0.2, 0.25) is 0 Å². The molecule has 0 radical (unpaired) electrons. The first-order valence-electron chi connectivity index (χ1n) is 35.6. The molecule has 8 aliphatic heterocycles. The molecule has 8 fully saturated rings. The van der Waals surface area contributed by atoms with Crippen LogP contribution in [0.5, 0.6) is 0 Å². The topological polar surface area (TPSA) is 790 Å². The van der Waals surface area contributed by atoms with Gasteiger partial charge in [-0.05, 0) is 0 Å². The highest BCUT2D eigenvalue weighted by atomic mass is 16.8. The number of hydrogen-bond donors (Lipinski definition) is 30. The molecule has 8 aliphatic rings. The van der Waals surface area contributed by atoms with Crippen molar-refractivity contribution in [2.24, 2.45) is 0 Å². The van der Waals surface area contributed by atoms with E-state index < -0.39 is 360 Å². The summed E-state index contributed by atoms with van der Waals surface area (Å²) in [5.74, 6) is -3.71. The van der Waals surface area contributed by atoms with Crippen LogP contribution < -0.4 is 21.3 Å². The third-order valence-corrected chi connectivity index (χ3v) is 20.0. The zero-order valence-electron chi connectivity index (χ0n) is 60.3.